The molecule has 8 nitrogen and oxygen atoms in total. The van der Waals surface area contributed by atoms with E-state index in [1.807, 2.05) is 63.5 Å². The number of amides is 1. The summed E-state index contributed by atoms with van der Waals surface area (Å²) in [6.07, 6.45) is 3.20. The normalized spacial score (nSPS) is 16.0. The Balaban J connectivity index is 1.64. The van der Waals surface area contributed by atoms with Crippen LogP contribution in [0.2, 0.25) is 0 Å². The molecule has 0 bridgehead atoms. The van der Waals surface area contributed by atoms with E-state index in [1.165, 1.54) is 0 Å². The zero-order valence-electron chi connectivity index (χ0n) is 19.4. The lowest BCUT2D eigenvalue weighted by Gasteiger charge is -2.29. The highest BCUT2D eigenvalue weighted by molar-refractivity contribution is 5.91. The minimum Gasteiger partial charge on any atom is -0.367 e. The van der Waals surface area contributed by atoms with Gasteiger partial charge in [0.25, 0.3) is 0 Å². The quantitative estimate of drug-likeness (QED) is 0.504. The van der Waals surface area contributed by atoms with Gasteiger partial charge in [-0.3, -0.25) is 9.78 Å². The number of hydrogen-bond donors (Lipinski definition) is 1. The van der Waals surface area contributed by atoms with E-state index < -0.39 is 0 Å². The molecule has 1 N–H and O–H groups in total. The van der Waals surface area contributed by atoms with E-state index in [0.29, 0.717) is 23.4 Å². The van der Waals surface area contributed by atoms with Crippen LogP contribution < -0.4 is 5.32 Å². The minimum absolute atomic E-state index is 0.0437. The van der Waals surface area contributed by atoms with E-state index in [9.17, 15) is 10.1 Å². The van der Waals surface area contributed by atoms with Crippen molar-refractivity contribution in [3.8, 4) is 28.5 Å². The SMILES string of the molecule is Cc1cc(-c2c(-c3cccc(C#N)c3)nn3ccc(NC4CCN(C)C(=O)C4)nc23)cc(C)n1. The fourth-order valence-electron chi connectivity index (χ4n) is 4.47. The second-order valence-corrected chi connectivity index (χ2v) is 8.79. The summed E-state index contributed by atoms with van der Waals surface area (Å²) in [5.41, 5.74) is 6.54. The Bertz CT molecular complexity index is 1430. The average molecular weight is 452 g/mol. The molecule has 4 aromatic rings. The maximum absolute atomic E-state index is 12.1. The number of fused-ring (bicyclic) bond motifs is 1. The number of carbonyl (C=O) groups excluding carboxylic acids is 1. The summed E-state index contributed by atoms with van der Waals surface area (Å²) in [6, 6.07) is 15.6. The van der Waals surface area contributed by atoms with Crippen LogP contribution in [0.15, 0.2) is 48.7 Å². The van der Waals surface area contributed by atoms with Crippen LogP contribution in [0.5, 0.6) is 0 Å². The van der Waals surface area contributed by atoms with E-state index in [4.69, 9.17) is 10.1 Å². The standard InChI is InChI=1S/C26H25N7O/c1-16-11-20(12-17(2)28-16)24-25(19-6-4-5-18(13-19)15-27)31-33-10-8-22(30-26(24)33)29-21-7-9-32(3)23(34)14-21/h4-6,8,10-13,21H,7,9,14H2,1-3H3,(H,29,30). The first kappa shape index (κ1) is 21.6. The first-order valence-corrected chi connectivity index (χ1v) is 11.3. The molecule has 1 aliphatic rings. The Hall–Kier alpha value is -4.25. The van der Waals surface area contributed by atoms with Gasteiger partial charge in [-0.05, 0) is 56.2 Å². The summed E-state index contributed by atoms with van der Waals surface area (Å²) >= 11 is 0. The molecule has 1 aliphatic heterocycles. The van der Waals surface area contributed by atoms with Crippen LogP contribution in [-0.4, -0.2) is 50.0 Å². The number of hydrogen-bond acceptors (Lipinski definition) is 6. The van der Waals surface area contributed by atoms with Crippen molar-refractivity contribution in [2.75, 3.05) is 18.9 Å². The number of nitrogens with one attached hydrogen (secondary N) is 1. The van der Waals surface area contributed by atoms with Crippen LogP contribution in [0, 0.1) is 25.2 Å². The number of benzene rings is 1. The molecule has 0 radical (unpaired) electrons. The van der Waals surface area contributed by atoms with Crippen LogP contribution in [0.3, 0.4) is 0 Å². The van der Waals surface area contributed by atoms with Crippen molar-refractivity contribution in [3.63, 3.8) is 0 Å². The molecular formula is C26H25N7O. The Morgan fingerprint density at radius 1 is 1.09 bits per heavy atom. The van der Waals surface area contributed by atoms with Gasteiger partial charge in [0.1, 0.15) is 11.5 Å². The fourth-order valence-corrected chi connectivity index (χ4v) is 4.47. The smallest absolute Gasteiger partial charge is 0.224 e. The topological polar surface area (TPSA) is 99.2 Å². The average Bonchev–Trinajstić information content (AvgIpc) is 3.20. The summed E-state index contributed by atoms with van der Waals surface area (Å²) in [7, 11) is 1.84. The van der Waals surface area contributed by atoms with Gasteiger partial charge in [-0.1, -0.05) is 12.1 Å². The first-order valence-electron chi connectivity index (χ1n) is 11.3. The molecule has 3 aromatic heterocycles. The van der Waals surface area contributed by atoms with Crippen LogP contribution in [-0.2, 0) is 4.79 Å². The molecule has 5 rings (SSSR count). The van der Waals surface area contributed by atoms with Crippen molar-refractivity contribution in [1.82, 2.24) is 24.5 Å². The fraction of sp³-hybridized carbons (Fsp3) is 0.269. The number of aryl methyl sites for hydroxylation is 2. The molecule has 1 unspecified atom stereocenters. The summed E-state index contributed by atoms with van der Waals surface area (Å²) in [5, 5.41) is 17.7. The Labute approximate surface area is 197 Å². The van der Waals surface area contributed by atoms with Crippen molar-refractivity contribution >= 4 is 17.4 Å². The van der Waals surface area contributed by atoms with Crippen LogP contribution in [0.25, 0.3) is 28.0 Å². The lowest BCUT2D eigenvalue weighted by molar-refractivity contribution is -0.132. The van der Waals surface area contributed by atoms with Crippen molar-refractivity contribution in [2.45, 2.75) is 32.7 Å². The largest absolute Gasteiger partial charge is 0.367 e. The number of nitrogens with zero attached hydrogens (tertiary/aromatic N) is 6. The first-order chi connectivity index (χ1) is 16.4. The number of carbonyl (C=O) groups is 1. The third-order valence-electron chi connectivity index (χ3n) is 6.13. The van der Waals surface area contributed by atoms with Crippen LogP contribution >= 0.6 is 0 Å². The number of pyridine rings is 1. The number of anilines is 1. The van der Waals surface area contributed by atoms with Gasteiger partial charge in [0, 0.05) is 49.2 Å². The van der Waals surface area contributed by atoms with Gasteiger partial charge in [0.2, 0.25) is 5.91 Å². The molecule has 4 heterocycles. The van der Waals surface area contributed by atoms with Gasteiger partial charge in [-0.2, -0.15) is 10.4 Å². The minimum atomic E-state index is 0.0437. The molecule has 1 fully saturated rings. The molecule has 1 amide bonds. The second kappa shape index (κ2) is 8.60. The molecule has 8 heteroatoms. The maximum atomic E-state index is 12.1. The maximum Gasteiger partial charge on any atom is 0.224 e. The van der Waals surface area contributed by atoms with Gasteiger partial charge in [-0.15, -0.1) is 0 Å². The van der Waals surface area contributed by atoms with E-state index in [2.05, 4.69) is 16.4 Å². The highest BCUT2D eigenvalue weighted by Gasteiger charge is 2.24. The van der Waals surface area contributed by atoms with E-state index in [-0.39, 0.29) is 11.9 Å². The van der Waals surface area contributed by atoms with Crippen LogP contribution in [0.4, 0.5) is 5.82 Å². The molecular weight excluding hydrogens is 426 g/mol. The number of nitriles is 1. The third kappa shape index (κ3) is 4.08. The van der Waals surface area contributed by atoms with Crippen molar-refractivity contribution < 1.29 is 4.79 Å². The predicted octanol–water partition coefficient (Wildman–Crippen LogP) is 3.98. The number of likely N-dealkylation sites (tertiary alicyclic amines) is 1. The summed E-state index contributed by atoms with van der Waals surface area (Å²) < 4.78 is 1.76. The van der Waals surface area contributed by atoms with Crippen molar-refractivity contribution in [2.24, 2.45) is 0 Å². The lowest BCUT2D eigenvalue weighted by atomic mass is 9.99. The Kier molecular flexibility index (Phi) is 5.46. The number of rotatable bonds is 4. The molecule has 0 aliphatic carbocycles. The van der Waals surface area contributed by atoms with Crippen molar-refractivity contribution in [1.29, 1.82) is 5.26 Å². The van der Waals surface area contributed by atoms with Crippen LogP contribution in [0.1, 0.15) is 29.8 Å². The Morgan fingerprint density at radius 2 is 1.88 bits per heavy atom. The van der Waals surface area contributed by atoms with E-state index in [1.54, 1.807) is 15.5 Å². The Morgan fingerprint density at radius 3 is 2.62 bits per heavy atom. The predicted molar refractivity (Wildman–Crippen MR) is 130 cm³/mol. The van der Waals surface area contributed by atoms with Gasteiger partial charge in [0.15, 0.2) is 5.65 Å². The molecule has 34 heavy (non-hydrogen) atoms. The van der Waals surface area contributed by atoms with Gasteiger partial charge in [0.05, 0.1) is 17.2 Å². The summed E-state index contributed by atoms with van der Waals surface area (Å²) in [6.45, 7) is 4.66. The highest BCUT2D eigenvalue weighted by Crippen LogP contribution is 2.35. The zero-order valence-corrected chi connectivity index (χ0v) is 19.4. The number of piperidine rings is 1. The second-order valence-electron chi connectivity index (χ2n) is 8.79. The molecule has 1 atom stereocenters. The molecule has 0 saturated carbocycles. The number of aromatic nitrogens is 4. The summed E-state index contributed by atoms with van der Waals surface area (Å²) in [5.74, 6) is 0.841. The van der Waals surface area contributed by atoms with Gasteiger partial charge in [-0.25, -0.2) is 9.50 Å². The van der Waals surface area contributed by atoms with Gasteiger partial charge < -0.3 is 10.2 Å². The lowest BCUT2D eigenvalue weighted by Crippen LogP contribution is -2.41. The highest BCUT2D eigenvalue weighted by atomic mass is 16.2. The van der Waals surface area contributed by atoms with E-state index >= 15 is 0 Å². The molecule has 1 aromatic carbocycles. The summed E-state index contributed by atoms with van der Waals surface area (Å²) in [4.78, 5) is 23.3. The molecule has 0 spiro atoms. The zero-order chi connectivity index (χ0) is 23.8. The third-order valence-corrected chi connectivity index (χ3v) is 6.13. The van der Waals surface area contributed by atoms with E-state index in [0.717, 1.165) is 46.7 Å². The molecule has 1 saturated heterocycles. The van der Waals surface area contributed by atoms with Gasteiger partial charge >= 0.3 is 0 Å². The van der Waals surface area contributed by atoms with Crippen molar-refractivity contribution in [3.05, 3.63) is 65.6 Å². The monoisotopic (exact) mass is 451 g/mol. The molecule has 170 valence electrons.